The van der Waals surface area contributed by atoms with Gasteiger partial charge < -0.3 is 9.90 Å². The number of unbranched alkanes of at least 4 members (excludes halogenated alkanes) is 6. The Morgan fingerprint density at radius 3 is 2.08 bits per heavy atom. The van der Waals surface area contributed by atoms with Crippen molar-refractivity contribution in [2.75, 3.05) is 0 Å². The van der Waals surface area contributed by atoms with Crippen LogP contribution in [0.15, 0.2) is 12.2 Å². The molecule has 0 aliphatic rings. The number of hydrogen-bond acceptors (Lipinski definition) is 2. The third kappa shape index (κ3) is 15.8. The number of carbonyl (C=O) groups excluding carboxylic acids is 1. The van der Waals surface area contributed by atoms with Gasteiger partial charge in [0.05, 0.1) is 0 Å². The Hall–Kier alpha value is -1.12. The van der Waals surface area contributed by atoms with Gasteiger partial charge in [0.1, 0.15) is 6.29 Å². The largest absolute Gasteiger partial charge is 0.478 e. The SMILES string of the molecule is CCCCCC(CCCC=CC(=O)O)CCCCCCC(C)C=O. The van der Waals surface area contributed by atoms with E-state index in [1.54, 1.807) is 6.08 Å². The van der Waals surface area contributed by atoms with Crippen molar-refractivity contribution < 1.29 is 14.7 Å². The van der Waals surface area contributed by atoms with Gasteiger partial charge in [-0.1, -0.05) is 84.1 Å². The van der Waals surface area contributed by atoms with Crippen molar-refractivity contribution in [1.82, 2.24) is 0 Å². The van der Waals surface area contributed by atoms with Crippen LogP contribution in [0.25, 0.3) is 0 Å². The molecule has 0 bridgehead atoms. The summed E-state index contributed by atoms with van der Waals surface area (Å²) in [5, 5.41) is 8.60. The monoisotopic (exact) mass is 338 g/mol. The molecule has 0 aliphatic heterocycles. The maximum Gasteiger partial charge on any atom is 0.327 e. The zero-order chi connectivity index (χ0) is 18.0. The third-order valence-corrected chi connectivity index (χ3v) is 4.71. The predicted molar refractivity (Wildman–Crippen MR) is 101 cm³/mol. The van der Waals surface area contributed by atoms with Crippen LogP contribution >= 0.6 is 0 Å². The fraction of sp³-hybridized carbons (Fsp3) is 0.810. The Labute approximate surface area is 148 Å². The van der Waals surface area contributed by atoms with Crippen molar-refractivity contribution in [3.63, 3.8) is 0 Å². The molecular weight excluding hydrogens is 300 g/mol. The Morgan fingerprint density at radius 1 is 0.917 bits per heavy atom. The van der Waals surface area contributed by atoms with Crippen LogP contribution in [0.2, 0.25) is 0 Å². The molecule has 2 unspecified atom stereocenters. The van der Waals surface area contributed by atoms with E-state index in [0.717, 1.165) is 31.5 Å². The molecule has 0 rings (SSSR count). The number of carboxylic acid groups (broad SMARTS) is 1. The predicted octanol–water partition coefficient (Wildman–Crippen LogP) is 6.17. The number of aliphatic carboxylic acids is 1. The molecule has 0 fully saturated rings. The first-order valence-corrected chi connectivity index (χ1v) is 9.94. The lowest BCUT2D eigenvalue weighted by atomic mass is 9.90. The molecule has 0 spiro atoms. The first kappa shape index (κ1) is 22.9. The van der Waals surface area contributed by atoms with Crippen LogP contribution in [0.5, 0.6) is 0 Å². The number of carboxylic acids is 1. The second-order valence-electron chi connectivity index (χ2n) is 7.14. The summed E-state index contributed by atoms with van der Waals surface area (Å²) in [5.74, 6) is 0.160. The maximum atomic E-state index is 10.6. The molecule has 3 heteroatoms. The minimum absolute atomic E-state index is 0.214. The van der Waals surface area contributed by atoms with Gasteiger partial charge in [0.25, 0.3) is 0 Å². The lowest BCUT2D eigenvalue weighted by Crippen LogP contribution is -2.01. The highest BCUT2D eigenvalue weighted by Crippen LogP contribution is 2.23. The van der Waals surface area contributed by atoms with E-state index >= 15 is 0 Å². The minimum atomic E-state index is -0.849. The molecule has 0 radical (unpaired) electrons. The number of carbonyl (C=O) groups is 2. The summed E-state index contributed by atoms with van der Waals surface area (Å²) in [6, 6.07) is 0. The molecule has 0 saturated heterocycles. The van der Waals surface area contributed by atoms with Crippen molar-refractivity contribution in [2.24, 2.45) is 11.8 Å². The second kappa shape index (κ2) is 16.7. The van der Waals surface area contributed by atoms with E-state index in [-0.39, 0.29) is 5.92 Å². The summed E-state index contributed by atoms with van der Waals surface area (Å²) in [6.45, 7) is 4.24. The lowest BCUT2D eigenvalue weighted by molar-refractivity contribution is -0.131. The van der Waals surface area contributed by atoms with Gasteiger partial charge in [0, 0.05) is 12.0 Å². The van der Waals surface area contributed by atoms with Crippen LogP contribution in [0.4, 0.5) is 0 Å². The molecule has 140 valence electrons. The van der Waals surface area contributed by atoms with E-state index in [4.69, 9.17) is 5.11 Å². The Morgan fingerprint density at radius 2 is 1.50 bits per heavy atom. The number of allylic oxidation sites excluding steroid dienone is 1. The summed E-state index contributed by atoms with van der Waals surface area (Å²) in [5.41, 5.74) is 0. The molecule has 2 atom stereocenters. The van der Waals surface area contributed by atoms with Crippen molar-refractivity contribution in [3.05, 3.63) is 12.2 Å². The summed E-state index contributed by atoms with van der Waals surface area (Å²) >= 11 is 0. The van der Waals surface area contributed by atoms with E-state index in [9.17, 15) is 9.59 Å². The normalized spacial score (nSPS) is 13.9. The third-order valence-electron chi connectivity index (χ3n) is 4.71. The average Bonchev–Trinajstić information content (AvgIpc) is 2.56. The number of hydrogen-bond donors (Lipinski definition) is 1. The zero-order valence-corrected chi connectivity index (χ0v) is 15.8. The molecule has 0 saturated carbocycles. The summed E-state index contributed by atoms with van der Waals surface area (Å²) < 4.78 is 0. The molecule has 0 aromatic rings. The zero-order valence-electron chi connectivity index (χ0n) is 15.8. The molecule has 0 aromatic carbocycles. The van der Waals surface area contributed by atoms with Crippen molar-refractivity contribution in [1.29, 1.82) is 0 Å². The molecule has 24 heavy (non-hydrogen) atoms. The molecule has 0 amide bonds. The molecule has 3 nitrogen and oxygen atoms in total. The highest BCUT2D eigenvalue weighted by molar-refractivity contribution is 5.79. The smallest absolute Gasteiger partial charge is 0.327 e. The Kier molecular flexibility index (Phi) is 15.9. The molecule has 1 N–H and O–H groups in total. The van der Waals surface area contributed by atoms with Crippen molar-refractivity contribution >= 4 is 12.3 Å². The number of rotatable bonds is 17. The topological polar surface area (TPSA) is 54.4 Å². The van der Waals surface area contributed by atoms with Gasteiger partial charge in [-0.2, -0.15) is 0 Å². The standard InChI is InChI=1S/C21H38O3/c1-3-4-8-14-20(16-11-7-12-17-21(23)24)15-10-6-5-9-13-19(2)18-22/h12,17-20H,3-11,13-16H2,1-2H3,(H,23,24). The van der Waals surface area contributed by atoms with Gasteiger partial charge in [-0.25, -0.2) is 4.79 Å². The Balaban J connectivity index is 3.85. The fourth-order valence-corrected chi connectivity index (χ4v) is 3.15. The van der Waals surface area contributed by atoms with Crippen molar-refractivity contribution in [3.8, 4) is 0 Å². The van der Waals surface area contributed by atoms with Gasteiger partial charge in [-0.3, -0.25) is 0 Å². The van der Waals surface area contributed by atoms with Gasteiger partial charge >= 0.3 is 5.97 Å². The highest BCUT2D eigenvalue weighted by Gasteiger charge is 2.08. The minimum Gasteiger partial charge on any atom is -0.478 e. The van der Waals surface area contributed by atoms with E-state index < -0.39 is 5.97 Å². The molecular formula is C21H38O3. The van der Waals surface area contributed by atoms with Crippen molar-refractivity contribution in [2.45, 2.75) is 97.3 Å². The fourth-order valence-electron chi connectivity index (χ4n) is 3.15. The van der Waals surface area contributed by atoms with Crippen LogP contribution < -0.4 is 0 Å². The average molecular weight is 339 g/mol. The lowest BCUT2D eigenvalue weighted by Gasteiger charge is -2.16. The van der Waals surface area contributed by atoms with Crippen LogP contribution in [-0.4, -0.2) is 17.4 Å². The van der Waals surface area contributed by atoms with E-state index in [0.29, 0.717) is 0 Å². The van der Waals surface area contributed by atoms with E-state index in [1.807, 2.05) is 6.92 Å². The number of aldehydes is 1. The highest BCUT2D eigenvalue weighted by atomic mass is 16.4. The summed E-state index contributed by atoms with van der Waals surface area (Å²) in [7, 11) is 0. The first-order valence-electron chi connectivity index (χ1n) is 9.94. The summed E-state index contributed by atoms with van der Waals surface area (Å²) in [4.78, 5) is 21.0. The molecule has 0 aromatic heterocycles. The van der Waals surface area contributed by atoms with Crippen LogP contribution in [0, 0.1) is 11.8 Å². The van der Waals surface area contributed by atoms with Crippen LogP contribution in [0.3, 0.4) is 0 Å². The van der Waals surface area contributed by atoms with Gasteiger partial charge in [-0.15, -0.1) is 0 Å². The molecule has 0 aliphatic carbocycles. The van der Waals surface area contributed by atoms with Gasteiger partial charge in [-0.05, 0) is 25.2 Å². The van der Waals surface area contributed by atoms with Gasteiger partial charge in [0.2, 0.25) is 0 Å². The van der Waals surface area contributed by atoms with E-state index in [2.05, 4.69) is 6.92 Å². The Bertz CT molecular complexity index is 336. The quantitative estimate of drug-likeness (QED) is 0.196. The maximum absolute atomic E-state index is 10.6. The molecule has 0 heterocycles. The first-order chi connectivity index (χ1) is 11.6. The van der Waals surface area contributed by atoms with Crippen LogP contribution in [-0.2, 0) is 9.59 Å². The van der Waals surface area contributed by atoms with Crippen LogP contribution in [0.1, 0.15) is 97.3 Å². The summed E-state index contributed by atoms with van der Waals surface area (Å²) in [6.07, 6.45) is 19.8. The second-order valence-corrected chi connectivity index (χ2v) is 7.14. The van der Waals surface area contributed by atoms with E-state index in [1.165, 1.54) is 70.3 Å². The van der Waals surface area contributed by atoms with Gasteiger partial charge in [0.15, 0.2) is 0 Å².